The summed E-state index contributed by atoms with van der Waals surface area (Å²) < 4.78 is 0. The first-order valence-electron chi connectivity index (χ1n) is 8.08. The van der Waals surface area contributed by atoms with E-state index >= 15 is 0 Å². The van der Waals surface area contributed by atoms with Crippen molar-refractivity contribution in [2.75, 3.05) is 11.9 Å². The van der Waals surface area contributed by atoms with Crippen LogP contribution < -0.4 is 5.32 Å². The number of rotatable bonds is 7. The standard InChI is InChI=1S/C17H26N2O2/c1-12(2)7-5-6-10-18-16-14(17(20)21)11-13-8-3-4-9-15(13)19-16/h11-12H,3-10H2,1-2H3,(H,18,19)(H,20,21). The number of hydrogen-bond donors (Lipinski definition) is 2. The largest absolute Gasteiger partial charge is 0.478 e. The van der Waals surface area contributed by atoms with Crippen LogP contribution in [0.15, 0.2) is 6.07 Å². The molecule has 1 aliphatic carbocycles. The number of pyridine rings is 1. The van der Waals surface area contributed by atoms with E-state index in [0.717, 1.165) is 62.2 Å². The molecule has 2 rings (SSSR count). The smallest absolute Gasteiger partial charge is 0.339 e. The molecular weight excluding hydrogens is 264 g/mol. The van der Waals surface area contributed by atoms with E-state index in [1.807, 2.05) is 6.07 Å². The first-order valence-corrected chi connectivity index (χ1v) is 8.08. The van der Waals surface area contributed by atoms with Crippen LogP contribution in [0, 0.1) is 5.92 Å². The number of nitrogens with zero attached hydrogens (tertiary/aromatic N) is 1. The zero-order valence-corrected chi connectivity index (χ0v) is 13.1. The van der Waals surface area contributed by atoms with E-state index in [2.05, 4.69) is 24.1 Å². The maximum Gasteiger partial charge on any atom is 0.339 e. The van der Waals surface area contributed by atoms with Gasteiger partial charge in [-0.25, -0.2) is 9.78 Å². The molecule has 116 valence electrons. The molecule has 0 saturated carbocycles. The molecule has 0 atom stereocenters. The van der Waals surface area contributed by atoms with Gasteiger partial charge >= 0.3 is 5.97 Å². The lowest BCUT2D eigenvalue weighted by Crippen LogP contribution is -2.14. The number of carboxylic acid groups (broad SMARTS) is 1. The summed E-state index contributed by atoms with van der Waals surface area (Å²) in [6, 6.07) is 1.82. The second kappa shape index (κ2) is 7.43. The van der Waals surface area contributed by atoms with Gasteiger partial charge in [0, 0.05) is 12.2 Å². The Bertz CT molecular complexity index is 498. The number of unbranched alkanes of at least 4 members (excludes halogenated alkanes) is 1. The van der Waals surface area contributed by atoms with Gasteiger partial charge in [-0.3, -0.25) is 0 Å². The predicted octanol–water partition coefficient (Wildman–Crippen LogP) is 3.90. The summed E-state index contributed by atoms with van der Waals surface area (Å²) in [5.41, 5.74) is 2.51. The Hall–Kier alpha value is -1.58. The van der Waals surface area contributed by atoms with Gasteiger partial charge in [0.15, 0.2) is 0 Å². The van der Waals surface area contributed by atoms with Gasteiger partial charge in [0.1, 0.15) is 11.4 Å². The minimum Gasteiger partial charge on any atom is -0.478 e. The third kappa shape index (κ3) is 4.45. The van der Waals surface area contributed by atoms with Gasteiger partial charge in [-0.05, 0) is 49.7 Å². The molecule has 1 aromatic rings. The Kier molecular flexibility index (Phi) is 5.59. The first-order chi connectivity index (χ1) is 10.1. The van der Waals surface area contributed by atoms with E-state index in [1.54, 1.807) is 0 Å². The van der Waals surface area contributed by atoms with Crippen molar-refractivity contribution in [1.82, 2.24) is 4.98 Å². The lowest BCUT2D eigenvalue weighted by atomic mass is 9.94. The summed E-state index contributed by atoms with van der Waals surface area (Å²) >= 11 is 0. The number of carbonyl (C=O) groups is 1. The van der Waals surface area contributed by atoms with Crippen molar-refractivity contribution >= 4 is 11.8 Å². The lowest BCUT2D eigenvalue weighted by Gasteiger charge is -2.18. The molecule has 0 unspecified atom stereocenters. The summed E-state index contributed by atoms with van der Waals surface area (Å²) in [7, 11) is 0. The van der Waals surface area contributed by atoms with Crippen LogP contribution >= 0.6 is 0 Å². The van der Waals surface area contributed by atoms with Gasteiger partial charge < -0.3 is 10.4 Å². The molecule has 0 aromatic carbocycles. The zero-order valence-electron chi connectivity index (χ0n) is 13.1. The minimum atomic E-state index is -0.888. The van der Waals surface area contributed by atoms with Crippen molar-refractivity contribution < 1.29 is 9.90 Å². The molecular formula is C17H26N2O2. The number of nitrogens with one attached hydrogen (secondary N) is 1. The second-order valence-electron chi connectivity index (χ2n) is 6.32. The molecule has 1 aromatic heterocycles. The van der Waals surface area contributed by atoms with Crippen LogP contribution in [-0.4, -0.2) is 22.6 Å². The molecule has 21 heavy (non-hydrogen) atoms. The Morgan fingerprint density at radius 2 is 2.10 bits per heavy atom. The maximum absolute atomic E-state index is 11.4. The molecule has 1 heterocycles. The molecule has 1 aliphatic rings. The van der Waals surface area contributed by atoms with Crippen LogP contribution in [0.5, 0.6) is 0 Å². The highest BCUT2D eigenvalue weighted by Gasteiger charge is 2.18. The Labute approximate surface area is 127 Å². The highest BCUT2D eigenvalue weighted by atomic mass is 16.4. The van der Waals surface area contributed by atoms with E-state index in [0.29, 0.717) is 11.4 Å². The van der Waals surface area contributed by atoms with Gasteiger partial charge in [-0.1, -0.05) is 26.7 Å². The van der Waals surface area contributed by atoms with E-state index in [4.69, 9.17) is 0 Å². The molecule has 0 bridgehead atoms. The second-order valence-corrected chi connectivity index (χ2v) is 6.32. The van der Waals surface area contributed by atoms with Gasteiger partial charge in [0.05, 0.1) is 0 Å². The Morgan fingerprint density at radius 1 is 1.33 bits per heavy atom. The number of carboxylic acids is 1. The van der Waals surface area contributed by atoms with E-state index < -0.39 is 5.97 Å². The monoisotopic (exact) mass is 290 g/mol. The minimum absolute atomic E-state index is 0.319. The summed E-state index contributed by atoms with van der Waals surface area (Å²) in [4.78, 5) is 16.0. The molecule has 0 fully saturated rings. The molecule has 0 saturated heterocycles. The summed E-state index contributed by atoms with van der Waals surface area (Å²) in [6.45, 7) is 5.24. The van der Waals surface area contributed by atoms with Crippen LogP contribution in [0.25, 0.3) is 0 Å². The number of aryl methyl sites for hydroxylation is 2. The van der Waals surface area contributed by atoms with Crippen LogP contribution in [0.4, 0.5) is 5.82 Å². The van der Waals surface area contributed by atoms with E-state index in [-0.39, 0.29) is 0 Å². The predicted molar refractivity (Wildman–Crippen MR) is 85.0 cm³/mol. The molecule has 4 heteroatoms. The van der Waals surface area contributed by atoms with Gasteiger partial charge in [0.25, 0.3) is 0 Å². The normalized spacial score (nSPS) is 14.0. The fourth-order valence-corrected chi connectivity index (χ4v) is 2.82. The Balaban J connectivity index is 2.01. The van der Waals surface area contributed by atoms with Crippen LogP contribution in [-0.2, 0) is 12.8 Å². The van der Waals surface area contributed by atoms with Crippen molar-refractivity contribution in [2.24, 2.45) is 5.92 Å². The average Bonchev–Trinajstić information content (AvgIpc) is 2.45. The van der Waals surface area contributed by atoms with Gasteiger partial charge in [-0.15, -0.1) is 0 Å². The fourth-order valence-electron chi connectivity index (χ4n) is 2.82. The van der Waals surface area contributed by atoms with Crippen molar-refractivity contribution in [1.29, 1.82) is 0 Å². The average molecular weight is 290 g/mol. The number of hydrogen-bond acceptors (Lipinski definition) is 3. The molecule has 2 N–H and O–H groups in total. The zero-order chi connectivity index (χ0) is 15.2. The van der Waals surface area contributed by atoms with Gasteiger partial charge in [0.2, 0.25) is 0 Å². The van der Waals surface area contributed by atoms with Crippen LogP contribution in [0.1, 0.15) is 67.6 Å². The summed E-state index contributed by atoms with van der Waals surface area (Å²) in [6.07, 6.45) is 7.64. The number of aromatic carboxylic acids is 1. The van der Waals surface area contributed by atoms with Crippen LogP contribution in [0.3, 0.4) is 0 Å². The maximum atomic E-state index is 11.4. The molecule has 0 radical (unpaired) electrons. The fraction of sp³-hybridized carbons (Fsp3) is 0.647. The number of anilines is 1. The van der Waals surface area contributed by atoms with Crippen molar-refractivity contribution in [2.45, 2.75) is 58.8 Å². The first kappa shape index (κ1) is 15.8. The van der Waals surface area contributed by atoms with Crippen molar-refractivity contribution in [3.63, 3.8) is 0 Å². The van der Waals surface area contributed by atoms with Gasteiger partial charge in [-0.2, -0.15) is 0 Å². The highest BCUT2D eigenvalue weighted by Crippen LogP contribution is 2.24. The molecule has 0 amide bonds. The van der Waals surface area contributed by atoms with Crippen molar-refractivity contribution in [3.8, 4) is 0 Å². The topological polar surface area (TPSA) is 62.2 Å². The van der Waals surface area contributed by atoms with Crippen LogP contribution in [0.2, 0.25) is 0 Å². The molecule has 0 spiro atoms. The molecule has 0 aliphatic heterocycles. The lowest BCUT2D eigenvalue weighted by molar-refractivity contribution is 0.0697. The summed E-state index contributed by atoms with van der Waals surface area (Å²) in [5, 5.41) is 12.6. The third-order valence-electron chi connectivity index (χ3n) is 4.03. The van der Waals surface area contributed by atoms with Crippen molar-refractivity contribution in [3.05, 3.63) is 22.9 Å². The Morgan fingerprint density at radius 3 is 2.81 bits per heavy atom. The van der Waals surface area contributed by atoms with E-state index in [9.17, 15) is 9.90 Å². The number of aromatic nitrogens is 1. The third-order valence-corrected chi connectivity index (χ3v) is 4.03. The summed E-state index contributed by atoms with van der Waals surface area (Å²) in [5.74, 6) is 0.384. The molecule has 4 nitrogen and oxygen atoms in total. The van der Waals surface area contributed by atoms with E-state index in [1.165, 1.54) is 6.42 Å². The number of fused-ring (bicyclic) bond motifs is 1. The quantitative estimate of drug-likeness (QED) is 0.748. The SMILES string of the molecule is CC(C)CCCCNc1nc2c(cc1C(=O)O)CCCC2. The highest BCUT2D eigenvalue weighted by molar-refractivity contribution is 5.93.